The van der Waals surface area contributed by atoms with Crippen molar-refractivity contribution in [3.8, 4) is 11.5 Å². The van der Waals surface area contributed by atoms with E-state index in [1.165, 1.54) is 0 Å². The van der Waals surface area contributed by atoms with E-state index in [4.69, 9.17) is 9.47 Å². The van der Waals surface area contributed by atoms with Crippen LogP contribution in [-0.4, -0.2) is 44.2 Å². The molecule has 0 amide bonds. The van der Waals surface area contributed by atoms with Crippen LogP contribution in [0.2, 0.25) is 0 Å². The second-order valence-electron chi connectivity index (χ2n) is 5.67. The Kier molecular flexibility index (Phi) is 7.34. The molecule has 0 fully saturated rings. The molecule has 0 aliphatic rings. The van der Waals surface area contributed by atoms with Gasteiger partial charge in [-0.05, 0) is 44.8 Å². The van der Waals surface area contributed by atoms with Gasteiger partial charge in [0.05, 0.1) is 13.7 Å². The topological polar surface area (TPSA) is 46.6 Å². The molecule has 5 nitrogen and oxygen atoms in total. The van der Waals surface area contributed by atoms with Crippen molar-refractivity contribution in [2.24, 2.45) is 0 Å². The zero-order valence-electron chi connectivity index (χ0n) is 14.4. The van der Waals surface area contributed by atoms with Crippen LogP contribution < -0.4 is 14.8 Å². The number of halogens is 1. The van der Waals surface area contributed by atoms with Gasteiger partial charge in [-0.2, -0.15) is 0 Å². The predicted molar refractivity (Wildman–Crippen MR) is 101 cm³/mol. The van der Waals surface area contributed by atoms with Crippen molar-refractivity contribution in [3.05, 3.63) is 46.6 Å². The number of rotatable bonds is 9. The van der Waals surface area contributed by atoms with E-state index in [0.29, 0.717) is 13.2 Å². The van der Waals surface area contributed by atoms with Gasteiger partial charge in [0.2, 0.25) is 0 Å². The molecule has 1 heterocycles. The van der Waals surface area contributed by atoms with Crippen molar-refractivity contribution in [1.29, 1.82) is 0 Å². The van der Waals surface area contributed by atoms with E-state index in [9.17, 15) is 0 Å². The Hall–Kier alpha value is -1.79. The van der Waals surface area contributed by atoms with Gasteiger partial charge in [-0.15, -0.1) is 0 Å². The third-order valence-corrected chi connectivity index (χ3v) is 3.90. The summed E-state index contributed by atoms with van der Waals surface area (Å²) in [6.07, 6.45) is 2.72. The summed E-state index contributed by atoms with van der Waals surface area (Å²) in [4.78, 5) is 6.43. The first-order valence-corrected chi connectivity index (χ1v) is 8.68. The molecule has 0 spiro atoms. The molecule has 0 saturated carbocycles. The van der Waals surface area contributed by atoms with E-state index in [-0.39, 0.29) is 0 Å². The number of ether oxygens (including phenoxy) is 2. The smallest absolute Gasteiger partial charge is 0.166 e. The molecular formula is C18H24BrN3O2. The normalized spacial score (nSPS) is 10.7. The van der Waals surface area contributed by atoms with Gasteiger partial charge in [0.1, 0.15) is 5.82 Å². The zero-order valence-corrected chi connectivity index (χ0v) is 16.0. The minimum atomic E-state index is 0.607. The number of aromatic nitrogens is 1. The minimum absolute atomic E-state index is 0.607. The molecule has 0 aliphatic carbocycles. The highest BCUT2D eigenvalue weighted by molar-refractivity contribution is 9.10. The summed E-state index contributed by atoms with van der Waals surface area (Å²) in [5.74, 6) is 2.34. The van der Waals surface area contributed by atoms with Gasteiger partial charge in [0.15, 0.2) is 11.5 Å². The molecule has 1 aromatic heterocycles. The van der Waals surface area contributed by atoms with Gasteiger partial charge in [-0.25, -0.2) is 4.98 Å². The molecule has 2 aromatic rings. The summed E-state index contributed by atoms with van der Waals surface area (Å²) in [5.41, 5.74) is 1.02. The summed E-state index contributed by atoms with van der Waals surface area (Å²) in [6.45, 7) is 2.24. The molecular weight excluding hydrogens is 370 g/mol. The highest BCUT2D eigenvalue weighted by Crippen LogP contribution is 2.35. The second-order valence-corrected chi connectivity index (χ2v) is 6.59. The van der Waals surface area contributed by atoms with Crippen molar-refractivity contribution in [2.45, 2.75) is 13.0 Å². The quantitative estimate of drug-likeness (QED) is 0.656. The van der Waals surface area contributed by atoms with Gasteiger partial charge in [-0.1, -0.05) is 22.0 Å². The van der Waals surface area contributed by atoms with Crippen LogP contribution >= 0.6 is 15.9 Å². The first-order valence-electron chi connectivity index (χ1n) is 7.89. The Morgan fingerprint density at radius 1 is 1.25 bits per heavy atom. The number of benzene rings is 1. The molecule has 0 atom stereocenters. The van der Waals surface area contributed by atoms with Gasteiger partial charge >= 0.3 is 0 Å². The number of anilines is 1. The van der Waals surface area contributed by atoms with Crippen LogP contribution in [0.15, 0.2) is 41.0 Å². The summed E-state index contributed by atoms with van der Waals surface area (Å²) < 4.78 is 12.5. The Morgan fingerprint density at radius 3 is 2.75 bits per heavy atom. The number of nitrogens with one attached hydrogen (secondary N) is 1. The molecule has 130 valence electrons. The van der Waals surface area contributed by atoms with Crippen LogP contribution in [0.5, 0.6) is 11.5 Å². The fourth-order valence-electron chi connectivity index (χ4n) is 2.28. The van der Waals surface area contributed by atoms with Crippen LogP contribution in [0.25, 0.3) is 0 Å². The lowest BCUT2D eigenvalue weighted by atomic mass is 10.2. The minimum Gasteiger partial charge on any atom is -0.493 e. The van der Waals surface area contributed by atoms with E-state index < -0.39 is 0 Å². The number of pyridine rings is 1. The predicted octanol–water partition coefficient (Wildman–Crippen LogP) is 3.80. The average molecular weight is 394 g/mol. The first-order chi connectivity index (χ1) is 11.6. The van der Waals surface area contributed by atoms with E-state index in [1.54, 1.807) is 13.3 Å². The summed E-state index contributed by atoms with van der Waals surface area (Å²) >= 11 is 3.53. The van der Waals surface area contributed by atoms with Gasteiger partial charge in [-0.3, -0.25) is 0 Å². The van der Waals surface area contributed by atoms with Crippen LogP contribution in [0.3, 0.4) is 0 Å². The highest BCUT2D eigenvalue weighted by atomic mass is 79.9. The Bertz CT molecular complexity index is 636. The Balaban J connectivity index is 2.10. The third-order valence-electron chi connectivity index (χ3n) is 3.44. The van der Waals surface area contributed by atoms with Gasteiger partial charge in [0.25, 0.3) is 0 Å². The maximum absolute atomic E-state index is 6.02. The van der Waals surface area contributed by atoms with Crippen LogP contribution in [-0.2, 0) is 6.54 Å². The maximum Gasteiger partial charge on any atom is 0.166 e. The van der Waals surface area contributed by atoms with Crippen molar-refractivity contribution >= 4 is 21.7 Å². The molecule has 0 bridgehead atoms. The monoisotopic (exact) mass is 393 g/mol. The Labute approximate surface area is 152 Å². The van der Waals surface area contributed by atoms with Crippen molar-refractivity contribution < 1.29 is 9.47 Å². The van der Waals surface area contributed by atoms with E-state index in [2.05, 4.69) is 45.2 Å². The molecule has 2 rings (SSSR count). The van der Waals surface area contributed by atoms with Crippen LogP contribution in [0, 0.1) is 0 Å². The maximum atomic E-state index is 6.02. The number of hydrogen-bond acceptors (Lipinski definition) is 5. The molecule has 1 aromatic carbocycles. The molecule has 24 heavy (non-hydrogen) atoms. The number of hydrogen-bond donors (Lipinski definition) is 1. The lowest BCUT2D eigenvalue weighted by Crippen LogP contribution is -2.16. The molecule has 0 unspecified atom stereocenters. The highest BCUT2D eigenvalue weighted by Gasteiger charge is 2.13. The average Bonchev–Trinajstić information content (AvgIpc) is 2.58. The van der Waals surface area contributed by atoms with Crippen molar-refractivity contribution in [2.75, 3.05) is 39.7 Å². The summed E-state index contributed by atoms with van der Waals surface area (Å²) in [6, 6.07) is 9.75. The lowest BCUT2D eigenvalue weighted by Gasteiger charge is -2.17. The zero-order chi connectivity index (χ0) is 17.4. The fraction of sp³-hybridized carbons (Fsp3) is 0.389. The molecule has 0 radical (unpaired) electrons. The SMILES string of the molecule is COc1cc(Br)cc(CNc2ccccn2)c1OCCCN(C)C. The van der Waals surface area contributed by atoms with E-state index in [0.717, 1.165) is 40.3 Å². The number of nitrogens with zero attached hydrogens (tertiary/aromatic N) is 2. The lowest BCUT2D eigenvalue weighted by molar-refractivity contribution is 0.266. The summed E-state index contributed by atoms with van der Waals surface area (Å²) in [7, 11) is 5.77. The van der Waals surface area contributed by atoms with Crippen LogP contribution in [0.4, 0.5) is 5.82 Å². The van der Waals surface area contributed by atoms with E-state index in [1.807, 2.05) is 30.3 Å². The van der Waals surface area contributed by atoms with Crippen molar-refractivity contribution in [3.63, 3.8) is 0 Å². The molecule has 6 heteroatoms. The first kappa shape index (κ1) is 18.5. The molecule has 1 N–H and O–H groups in total. The Morgan fingerprint density at radius 2 is 2.08 bits per heavy atom. The summed E-state index contributed by atoms with van der Waals surface area (Å²) in [5, 5.41) is 3.31. The van der Waals surface area contributed by atoms with Crippen LogP contribution in [0.1, 0.15) is 12.0 Å². The van der Waals surface area contributed by atoms with E-state index >= 15 is 0 Å². The molecule has 0 aliphatic heterocycles. The largest absolute Gasteiger partial charge is 0.493 e. The number of methoxy groups -OCH3 is 1. The standard InChI is InChI=1S/C18H24BrN3O2/c1-22(2)9-6-10-24-18-14(11-15(19)12-16(18)23-3)13-21-17-7-4-5-8-20-17/h4-5,7-8,11-12H,6,9-10,13H2,1-3H3,(H,20,21). The third kappa shape index (κ3) is 5.69. The van der Waals surface area contributed by atoms with Gasteiger partial charge in [0, 0.05) is 29.3 Å². The second kappa shape index (κ2) is 9.49. The molecule has 0 saturated heterocycles. The van der Waals surface area contributed by atoms with Gasteiger partial charge < -0.3 is 19.7 Å². The van der Waals surface area contributed by atoms with Crippen molar-refractivity contribution in [1.82, 2.24) is 9.88 Å². The fourth-order valence-corrected chi connectivity index (χ4v) is 2.76.